The Morgan fingerprint density at radius 2 is 1.95 bits per heavy atom. The maximum atomic E-state index is 11.7. The topological polar surface area (TPSA) is 71.3 Å². The summed E-state index contributed by atoms with van der Waals surface area (Å²) in [5.41, 5.74) is 0.275. The lowest BCUT2D eigenvalue weighted by Gasteiger charge is -2.07. The van der Waals surface area contributed by atoms with Crippen LogP contribution in [0, 0.1) is 0 Å². The fourth-order valence-electron chi connectivity index (χ4n) is 1.43. The van der Waals surface area contributed by atoms with E-state index in [-0.39, 0.29) is 12.2 Å². The van der Waals surface area contributed by atoms with E-state index in [1.54, 1.807) is 18.2 Å². The molecule has 0 aliphatic rings. The molecular weight excluding hydrogens is 303 g/mol. The van der Waals surface area contributed by atoms with Crippen molar-refractivity contribution in [3.05, 3.63) is 52.4 Å². The number of furan rings is 1. The Hall–Kier alpha value is -1.98. The molecular formula is C13H10Cl2N2O3. The van der Waals surface area contributed by atoms with Crippen LogP contribution in [-0.4, -0.2) is 11.8 Å². The van der Waals surface area contributed by atoms with Crippen molar-refractivity contribution in [3.63, 3.8) is 0 Å². The average molecular weight is 313 g/mol. The fourth-order valence-corrected chi connectivity index (χ4v) is 1.77. The third-order valence-corrected chi connectivity index (χ3v) is 2.95. The zero-order valence-corrected chi connectivity index (χ0v) is 11.7. The number of nitrogens with one attached hydrogen (secondary N) is 2. The number of carbonyl (C=O) groups is 2. The lowest BCUT2D eigenvalue weighted by atomic mass is 10.3. The summed E-state index contributed by atoms with van der Waals surface area (Å²) in [5.74, 6) is -1.08. The van der Waals surface area contributed by atoms with Gasteiger partial charge >= 0.3 is 11.8 Å². The second-order valence-electron chi connectivity index (χ2n) is 3.84. The molecule has 0 unspecified atom stereocenters. The highest BCUT2D eigenvalue weighted by Gasteiger charge is 2.15. The molecule has 2 rings (SSSR count). The molecule has 0 saturated heterocycles. The number of carbonyl (C=O) groups excluding carboxylic acids is 2. The van der Waals surface area contributed by atoms with Gasteiger partial charge in [0.2, 0.25) is 0 Å². The number of amides is 2. The normalized spacial score (nSPS) is 10.1. The zero-order chi connectivity index (χ0) is 14.5. The van der Waals surface area contributed by atoms with Gasteiger partial charge in [-0.25, -0.2) is 0 Å². The minimum Gasteiger partial charge on any atom is -0.467 e. The number of hydrogen-bond donors (Lipinski definition) is 2. The van der Waals surface area contributed by atoms with E-state index in [9.17, 15) is 9.59 Å². The van der Waals surface area contributed by atoms with Crippen LogP contribution in [0.2, 0.25) is 10.0 Å². The van der Waals surface area contributed by atoms with E-state index in [4.69, 9.17) is 27.6 Å². The van der Waals surface area contributed by atoms with Gasteiger partial charge in [-0.1, -0.05) is 23.2 Å². The van der Waals surface area contributed by atoms with Crippen molar-refractivity contribution in [1.82, 2.24) is 5.32 Å². The second-order valence-corrected chi connectivity index (χ2v) is 4.68. The summed E-state index contributed by atoms with van der Waals surface area (Å²) in [6.07, 6.45) is 1.48. The third kappa shape index (κ3) is 3.76. The molecule has 1 aromatic heterocycles. The van der Waals surface area contributed by atoms with Crippen LogP contribution in [0.5, 0.6) is 0 Å². The van der Waals surface area contributed by atoms with Crippen LogP contribution in [0.25, 0.3) is 0 Å². The molecule has 0 bridgehead atoms. The molecule has 0 aliphatic heterocycles. The number of benzene rings is 1. The summed E-state index contributed by atoms with van der Waals surface area (Å²) in [5, 5.41) is 5.50. The molecule has 5 nitrogen and oxygen atoms in total. The minimum absolute atomic E-state index is 0.128. The van der Waals surface area contributed by atoms with Gasteiger partial charge < -0.3 is 15.1 Å². The predicted molar refractivity (Wildman–Crippen MR) is 75.6 cm³/mol. The highest BCUT2D eigenvalue weighted by atomic mass is 35.5. The molecule has 0 aliphatic carbocycles. The van der Waals surface area contributed by atoms with Crippen LogP contribution in [0.3, 0.4) is 0 Å². The van der Waals surface area contributed by atoms with Gasteiger partial charge in [0.05, 0.1) is 23.5 Å². The van der Waals surface area contributed by atoms with Crippen LogP contribution in [-0.2, 0) is 16.1 Å². The summed E-state index contributed by atoms with van der Waals surface area (Å²) in [6, 6.07) is 7.94. The smallest absolute Gasteiger partial charge is 0.313 e. The second kappa shape index (κ2) is 6.45. The first-order chi connectivity index (χ1) is 9.56. The van der Waals surface area contributed by atoms with Crippen molar-refractivity contribution in [3.8, 4) is 0 Å². The Morgan fingerprint density at radius 1 is 1.15 bits per heavy atom. The molecule has 104 valence electrons. The van der Waals surface area contributed by atoms with Crippen molar-refractivity contribution in [2.24, 2.45) is 0 Å². The third-order valence-electron chi connectivity index (χ3n) is 2.39. The summed E-state index contributed by atoms with van der Waals surface area (Å²) in [7, 11) is 0. The van der Waals surface area contributed by atoms with Crippen LogP contribution < -0.4 is 10.6 Å². The van der Waals surface area contributed by atoms with E-state index in [1.807, 2.05) is 0 Å². The Balaban J connectivity index is 1.93. The highest BCUT2D eigenvalue weighted by molar-refractivity contribution is 6.42. The summed E-state index contributed by atoms with van der Waals surface area (Å²) < 4.78 is 5.03. The van der Waals surface area contributed by atoms with Gasteiger partial charge in [0.1, 0.15) is 5.76 Å². The molecule has 1 heterocycles. The number of halogens is 2. The Kier molecular flexibility index (Phi) is 4.65. The van der Waals surface area contributed by atoms with Gasteiger partial charge in [-0.05, 0) is 30.3 Å². The fraction of sp³-hybridized carbons (Fsp3) is 0.0769. The molecule has 0 fully saturated rings. The van der Waals surface area contributed by atoms with E-state index in [0.29, 0.717) is 15.8 Å². The molecule has 1 aromatic carbocycles. The molecule has 2 aromatic rings. The van der Waals surface area contributed by atoms with Gasteiger partial charge in [-0.3, -0.25) is 9.59 Å². The van der Waals surface area contributed by atoms with Crippen LogP contribution >= 0.6 is 23.2 Å². The molecule has 0 atom stereocenters. The highest BCUT2D eigenvalue weighted by Crippen LogP contribution is 2.25. The first kappa shape index (κ1) is 14.4. The van der Waals surface area contributed by atoms with Crippen molar-refractivity contribution in [1.29, 1.82) is 0 Å². The lowest BCUT2D eigenvalue weighted by Crippen LogP contribution is -2.34. The van der Waals surface area contributed by atoms with Gasteiger partial charge in [-0.2, -0.15) is 0 Å². The van der Waals surface area contributed by atoms with E-state index in [2.05, 4.69) is 10.6 Å². The van der Waals surface area contributed by atoms with Crippen molar-refractivity contribution in [2.75, 3.05) is 5.32 Å². The van der Waals surface area contributed by atoms with E-state index < -0.39 is 11.8 Å². The molecule has 0 spiro atoms. The number of hydrogen-bond acceptors (Lipinski definition) is 3. The van der Waals surface area contributed by atoms with Crippen molar-refractivity contribution >= 4 is 40.7 Å². The summed E-state index contributed by atoms with van der Waals surface area (Å²) in [6.45, 7) is 0.128. The van der Waals surface area contributed by atoms with E-state index in [1.165, 1.54) is 18.4 Å². The maximum Gasteiger partial charge on any atom is 0.313 e. The quantitative estimate of drug-likeness (QED) is 0.856. The molecule has 0 radical (unpaired) electrons. The lowest BCUT2D eigenvalue weighted by molar-refractivity contribution is -0.136. The molecule has 20 heavy (non-hydrogen) atoms. The average Bonchev–Trinajstić information content (AvgIpc) is 2.93. The Labute approximate surface area is 124 Å². The Bertz CT molecular complexity index is 627. The van der Waals surface area contributed by atoms with Crippen molar-refractivity contribution in [2.45, 2.75) is 6.54 Å². The van der Waals surface area contributed by atoms with E-state index in [0.717, 1.165) is 0 Å². The SMILES string of the molecule is O=C(NCc1ccco1)C(=O)Nc1cc(Cl)ccc1Cl. The van der Waals surface area contributed by atoms with Gasteiger partial charge in [-0.15, -0.1) is 0 Å². The molecule has 7 heteroatoms. The van der Waals surface area contributed by atoms with Crippen LogP contribution in [0.4, 0.5) is 5.69 Å². The van der Waals surface area contributed by atoms with E-state index >= 15 is 0 Å². The zero-order valence-electron chi connectivity index (χ0n) is 10.2. The predicted octanol–water partition coefficient (Wildman–Crippen LogP) is 2.84. The molecule has 0 saturated carbocycles. The van der Waals surface area contributed by atoms with Crippen molar-refractivity contribution < 1.29 is 14.0 Å². The summed E-state index contributed by atoms with van der Waals surface area (Å²) >= 11 is 11.7. The minimum atomic E-state index is -0.833. The number of anilines is 1. The van der Waals surface area contributed by atoms with Crippen LogP contribution in [0.1, 0.15) is 5.76 Å². The van der Waals surface area contributed by atoms with Crippen LogP contribution in [0.15, 0.2) is 41.0 Å². The largest absolute Gasteiger partial charge is 0.467 e. The molecule has 2 amide bonds. The van der Waals surface area contributed by atoms with Gasteiger partial charge in [0.25, 0.3) is 0 Å². The first-order valence-corrected chi connectivity index (χ1v) is 6.38. The van der Waals surface area contributed by atoms with Gasteiger partial charge in [0.15, 0.2) is 0 Å². The maximum absolute atomic E-state index is 11.7. The standard InChI is InChI=1S/C13H10Cl2N2O3/c14-8-3-4-10(15)11(6-8)17-13(19)12(18)16-7-9-2-1-5-20-9/h1-6H,7H2,(H,16,18)(H,17,19). The summed E-state index contributed by atoms with van der Waals surface area (Å²) in [4.78, 5) is 23.3. The number of rotatable bonds is 3. The monoisotopic (exact) mass is 312 g/mol. The first-order valence-electron chi connectivity index (χ1n) is 5.63. The Morgan fingerprint density at radius 3 is 2.65 bits per heavy atom. The molecule has 2 N–H and O–H groups in total. The van der Waals surface area contributed by atoms with Gasteiger partial charge in [0, 0.05) is 5.02 Å².